The molecule has 2 fully saturated rings. The Morgan fingerprint density at radius 3 is 1.87 bits per heavy atom. The molecule has 0 aromatic heterocycles. The summed E-state index contributed by atoms with van der Waals surface area (Å²) in [6, 6.07) is 12.5. The molecule has 0 unspecified atom stereocenters. The van der Waals surface area contributed by atoms with E-state index >= 15 is 0 Å². The van der Waals surface area contributed by atoms with Crippen molar-refractivity contribution in [3.63, 3.8) is 0 Å². The lowest BCUT2D eigenvalue weighted by atomic mass is 9.65. The molecule has 31 heavy (non-hydrogen) atoms. The summed E-state index contributed by atoms with van der Waals surface area (Å²) in [7, 11) is 0. The van der Waals surface area contributed by atoms with E-state index in [1.165, 1.54) is 24.3 Å². The van der Waals surface area contributed by atoms with E-state index < -0.39 is 5.41 Å². The minimum absolute atomic E-state index is 0.0176. The van der Waals surface area contributed by atoms with Crippen LogP contribution in [0.15, 0.2) is 48.5 Å². The van der Waals surface area contributed by atoms with E-state index in [1.807, 2.05) is 4.90 Å². The third kappa shape index (κ3) is 4.37. The summed E-state index contributed by atoms with van der Waals surface area (Å²) >= 11 is 0. The van der Waals surface area contributed by atoms with Crippen molar-refractivity contribution in [1.29, 1.82) is 0 Å². The zero-order chi connectivity index (χ0) is 21.8. The number of hydrogen-bond acceptors (Lipinski definition) is 3. The predicted octanol–water partition coefficient (Wildman–Crippen LogP) is 3.84. The Morgan fingerprint density at radius 1 is 0.903 bits per heavy atom. The van der Waals surface area contributed by atoms with Gasteiger partial charge in [-0.3, -0.25) is 9.69 Å². The molecule has 0 spiro atoms. The molecular formula is C25H30F2N2O2. The van der Waals surface area contributed by atoms with Gasteiger partial charge >= 0.3 is 0 Å². The van der Waals surface area contributed by atoms with Crippen LogP contribution in [-0.2, 0) is 14.9 Å². The van der Waals surface area contributed by atoms with Crippen LogP contribution in [0.5, 0.6) is 0 Å². The lowest BCUT2D eigenvalue weighted by Crippen LogP contribution is -2.54. The molecule has 0 saturated carbocycles. The van der Waals surface area contributed by atoms with Crippen molar-refractivity contribution < 1.29 is 18.3 Å². The Balaban J connectivity index is 1.84. The van der Waals surface area contributed by atoms with Gasteiger partial charge < -0.3 is 9.64 Å². The van der Waals surface area contributed by atoms with Gasteiger partial charge in [0.05, 0.1) is 13.2 Å². The van der Waals surface area contributed by atoms with Gasteiger partial charge in [-0.25, -0.2) is 8.78 Å². The second-order valence-electron chi connectivity index (χ2n) is 8.64. The Bertz CT molecular complexity index is 828. The fraction of sp³-hybridized carbons (Fsp3) is 0.480. The first-order valence-electron chi connectivity index (χ1n) is 11.1. The third-order valence-corrected chi connectivity index (χ3v) is 6.70. The molecule has 0 aliphatic carbocycles. The molecular weight excluding hydrogens is 398 g/mol. The van der Waals surface area contributed by atoms with Crippen LogP contribution >= 0.6 is 0 Å². The van der Waals surface area contributed by atoms with Crippen molar-refractivity contribution in [3.8, 4) is 0 Å². The minimum atomic E-state index is -1.02. The summed E-state index contributed by atoms with van der Waals surface area (Å²) in [5.41, 5.74) is 0.473. The SMILES string of the molecule is C[C@H](CN1CCOCC1)C(C(=O)N1CCCC1)(c1ccc(F)cc1)c1ccc(F)cc1. The number of ether oxygens (including phenoxy) is 1. The number of likely N-dealkylation sites (tertiary alicyclic amines) is 1. The highest BCUT2D eigenvalue weighted by atomic mass is 19.1. The normalized spacial score (nSPS) is 18.9. The summed E-state index contributed by atoms with van der Waals surface area (Å²) in [5.74, 6) is -0.781. The van der Waals surface area contributed by atoms with Gasteiger partial charge in [-0.05, 0) is 54.2 Å². The highest BCUT2D eigenvalue weighted by molar-refractivity contribution is 5.93. The number of benzene rings is 2. The van der Waals surface area contributed by atoms with Crippen LogP contribution in [0.4, 0.5) is 8.78 Å². The number of amides is 1. The minimum Gasteiger partial charge on any atom is -0.379 e. The van der Waals surface area contributed by atoms with Gasteiger partial charge in [0, 0.05) is 32.7 Å². The van der Waals surface area contributed by atoms with E-state index in [9.17, 15) is 13.6 Å². The molecule has 2 aliphatic heterocycles. The maximum Gasteiger partial charge on any atom is 0.238 e. The van der Waals surface area contributed by atoms with E-state index in [0.717, 1.165) is 37.1 Å². The van der Waals surface area contributed by atoms with Gasteiger partial charge in [0.2, 0.25) is 5.91 Å². The maximum absolute atomic E-state index is 14.2. The van der Waals surface area contributed by atoms with Crippen molar-refractivity contribution in [1.82, 2.24) is 9.80 Å². The van der Waals surface area contributed by atoms with E-state index in [0.29, 0.717) is 32.8 Å². The lowest BCUT2D eigenvalue weighted by Gasteiger charge is -2.43. The number of rotatable bonds is 6. The van der Waals surface area contributed by atoms with Gasteiger partial charge in [0.1, 0.15) is 17.0 Å². The van der Waals surface area contributed by atoms with Crippen molar-refractivity contribution in [3.05, 3.63) is 71.3 Å². The smallest absolute Gasteiger partial charge is 0.238 e. The molecule has 4 rings (SSSR count). The monoisotopic (exact) mass is 428 g/mol. The predicted molar refractivity (Wildman–Crippen MR) is 116 cm³/mol. The molecule has 1 amide bonds. The Morgan fingerprint density at radius 2 is 1.39 bits per heavy atom. The molecule has 0 N–H and O–H groups in total. The van der Waals surface area contributed by atoms with Gasteiger partial charge in [0.25, 0.3) is 0 Å². The summed E-state index contributed by atoms with van der Waals surface area (Å²) in [6.07, 6.45) is 1.96. The largest absolute Gasteiger partial charge is 0.379 e. The van der Waals surface area contributed by atoms with Gasteiger partial charge in [-0.1, -0.05) is 31.2 Å². The first-order valence-corrected chi connectivity index (χ1v) is 11.1. The van der Waals surface area contributed by atoms with Gasteiger partial charge in [0.15, 0.2) is 0 Å². The second kappa shape index (κ2) is 9.45. The van der Waals surface area contributed by atoms with Crippen LogP contribution < -0.4 is 0 Å². The van der Waals surface area contributed by atoms with Crippen LogP contribution in [0.3, 0.4) is 0 Å². The molecule has 166 valence electrons. The quantitative estimate of drug-likeness (QED) is 0.701. The van der Waals surface area contributed by atoms with Crippen molar-refractivity contribution in [2.24, 2.45) is 5.92 Å². The molecule has 6 heteroatoms. The van der Waals surface area contributed by atoms with E-state index in [1.54, 1.807) is 24.3 Å². The topological polar surface area (TPSA) is 32.8 Å². The summed E-state index contributed by atoms with van der Waals surface area (Å²) in [5, 5.41) is 0. The number of morpholine rings is 1. The van der Waals surface area contributed by atoms with E-state index in [-0.39, 0.29) is 23.5 Å². The fourth-order valence-corrected chi connectivity index (χ4v) is 5.10. The molecule has 4 nitrogen and oxygen atoms in total. The van der Waals surface area contributed by atoms with Crippen LogP contribution in [0.1, 0.15) is 30.9 Å². The second-order valence-corrected chi connectivity index (χ2v) is 8.64. The summed E-state index contributed by atoms with van der Waals surface area (Å²) < 4.78 is 33.2. The molecule has 2 aromatic carbocycles. The zero-order valence-corrected chi connectivity index (χ0v) is 18.0. The highest BCUT2D eigenvalue weighted by Gasteiger charge is 2.49. The molecule has 2 saturated heterocycles. The zero-order valence-electron chi connectivity index (χ0n) is 18.0. The summed E-state index contributed by atoms with van der Waals surface area (Å²) in [4.78, 5) is 18.4. The molecule has 2 aliphatic rings. The Kier molecular flexibility index (Phi) is 6.68. The number of carbonyl (C=O) groups excluding carboxylic acids is 1. The van der Waals surface area contributed by atoms with Crippen LogP contribution in [0.2, 0.25) is 0 Å². The van der Waals surface area contributed by atoms with Crippen LogP contribution in [0, 0.1) is 17.6 Å². The lowest BCUT2D eigenvalue weighted by molar-refractivity contribution is -0.137. The number of carbonyl (C=O) groups is 1. The first-order chi connectivity index (χ1) is 15.0. The van der Waals surface area contributed by atoms with Crippen molar-refractivity contribution in [2.45, 2.75) is 25.2 Å². The Hall–Kier alpha value is -2.31. The van der Waals surface area contributed by atoms with Crippen molar-refractivity contribution in [2.75, 3.05) is 45.9 Å². The molecule has 2 aromatic rings. The van der Waals surface area contributed by atoms with Crippen LogP contribution in [0.25, 0.3) is 0 Å². The summed E-state index contributed by atoms with van der Waals surface area (Å²) in [6.45, 7) is 7.17. The standard InChI is InChI=1S/C25H30F2N2O2/c1-19(18-28-14-16-31-17-15-28)25(20-4-8-22(26)9-5-20,21-6-10-23(27)11-7-21)24(30)29-12-2-3-13-29/h4-11,19H,2-3,12-18H2,1H3/t19-/m1/s1. The Labute approximate surface area is 182 Å². The number of nitrogens with zero attached hydrogens (tertiary/aromatic N) is 2. The van der Waals surface area contributed by atoms with Crippen LogP contribution in [-0.4, -0.2) is 61.6 Å². The molecule has 0 radical (unpaired) electrons. The fourth-order valence-electron chi connectivity index (χ4n) is 5.10. The van der Waals surface area contributed by atoms with Gasteiger partial charge in [-0.2, -0.15) is 0 Å². The number of hydrogen-bond donors (Lipinski definition) is 0. The third-order valence-electron chi connectivity index (χ3n) is 6.70. The first kappa shape index (κ1) is 21.9. The van der Waals surface area contributed by atoms with Gasteiger partial charge in [-0.15, -0.1) is 0 Å². The highest BCUT2D eigenvalue weighted by Crippen LogP contribution is 2.42. The molecule has 1 atom stereocenters. The van der Waals surface area contributed by atoms with Crippen molar-refractivity contribution >= 4 is 5.91 Å². The number of halogens is 2. The average Bonchev–Trinajstić information content (AvgIpc) is 3.32. The molecule has 2 heterocycles. The van der Waals surface area contributed by atoms with E-state index in [2.05, 4.69) is 11.8 Å². The van der Waals surface area contributed by atoms with E-state index in [4.69, 9.17) is 4.74 Å². The average molecular weight is 429 g/mol. The molecule has 0 bridgehead atoms. The maximum atomic E-state index is 14.2.